The number of H-pyrrole nitrogens is 1. The molecule has 3 aromatic carbocycles. The fraction of sp³-hybridized carbons (Fsp3) is 0.125. The lowest BCUT2D eigenvalue weighted by atomic mass is 10.1. The molecule has 3 N–H and O–H groups in total. The molecule has 0 bridgehead atoms. The van der Waals surface area contributed by atoms with E-state index in [1.807, 2.05) is 81.0 Å². The van der Waals surface area contributed by atoms with Crippen molar-refractivity contribution < 1.29 is 4.79 Å². The number of aromatic amines is 1. The van der Waals surface area contributed by atoms with Gasteiger partial charge in [-0.1, -0.05) is 18.2 Å². The highest BCUT2D eigenvalue weighted by atomic mass is 16.1. The van der Waals surface area contributed by atoms with E-state index in [-0.39, 0.29) is 5.91 Å². The Balaban J connectivity index is 1.37. The number of carbonyl (C=O) groups is 1. The van der Waals surface area contributed by atoms with E-state index in [9.17, 15) is 4.79 Å². The van der Waals surface area contributed by atoms with E-state index in [0.29, 0.717) is 6.42 Å². The smallest absolute Gasteiger partial charge is 0.228 e. The van der Waals surface area contributed by atoms with Crippen molar-refractivity contribution in [3.63, 3.8) is 0 Å². The van der Waals surface area contributed by atoms with Gasteiger partial charge in [0.1, 0.15) is 0 Å². The monoisotopic (exact) mass is 384 g/mol. The number of nitrogens with zero attached hydrogens (tertiary/aromatic N) is 1. The van der Waals surface area contributed by atoms with Gasteiger partial charge in [0.2, 0.25) is 5.91 Å². The third kappa shape index (κ3) is 4.41. The number of benzene rings is 3. The summed E-state index contributed by atoms with van der Waals surface area (Å²) in [6, 6.07) is 24.0. The molecule has 5 heteroatoms. The topological polar surface area (TPSA) is 60.2 Å². The predicted octanol–water partition coefficient (Wildman–Crippen LogP) is 5.16. The first-order valence-corrected chi connectivity index (χ1v) is 9.58. The van der Waals surface area contributed by atoms with Crippen LogP contribution in [0.15, 0.2) is 79.0 Å². The van der Waals surface area contributed by atoms with Crippen LogP contribution in [0.2, 0.25) is 0 Å². The van der Waals surface area contributed by atoms with Gasteiger partial charge in [0.05, 0.1) is 6.42 Å². The molecule has 0 saturated heterocycles. The zero-order chi connectivity index (χ0) is 20.2. The average molecular weight is 384 g/mol. The lowest BCUT2D eigenvalue weighted by Crippen LogP contribution is -2.14. The first-order valence-electron chi connectivity index (χ1n) is 9.58. The molecule has 0 saturated carbocycles. The van der Waals surface area contributed by atoms with Gasteiger partial charge in [0, 0.05) is 53.9 Å². The van der Waals surface area contributed by atoms with Crippen LogP contribution in [0.1, 0.15) is 5.56 Å². The first-order chi connectivity index (χ1) is 14.1. The Morgan fingerprint density at radius 1 is 0.862 bits per heavy atom. The summed E-state index contributed by atoms with van der Waals surface area (Å²) >= 11 is 0. The summed E-state index contributed by atoms with van der Waals surface area (Å²) in [7, 11) is 4.04. The maximum atomic E-state index is 12.4. The number of anilines is 4. The molecule has 4 rings (SSSR count). The van der Waals surface area contributed by atoms with Crippen LogP contribution in [0.25, 0.3) is 10.9 Å². The molecule has 1 amide bonds. The molecule has 0 fully saturated rings. The predicted molar refractivity (Wildman–Crippen MR) is 121 cm³/mol. The number of fused-ring (bicyclic) bond motifs is 1. The van der Waals surface area contributed by atoms with Gasteiger partial charge in [0.15, 0.2) is 0 Å². The van der Waals surface area contributed by atoms with Crippen LogP contribution in [0.3, 0.4) is 0 Å². The van der Waals surface area contributed by atoms with E-state index in [1.165, 1.54) is 0 Å². The Morgan fingerprint density at radius 2 is 1.48 bits per heavy atom. The van der Waals surface area contributed by atoms with E-state index in [1.54, 1.807) is 0 Å². The van der Waals surface area contributed by atoms with Gasteiger partial charge in [0.25, 0.3) is 0 Å². The molecule has 5 nitrogen and oxygen atoms in total. The number of hydrogen-bond donors (Lipinski definition) is 3. The fourth-order valence-corrected chi connectivity index (χ4v) is 3.30. The summed E-state index contributed by atoms with van der Waals surface area (Å²) in [6.07, 6.45) is 2.24. The highest BCUT2D eigenvalue weighted by Gasteiger charge is 2.09. The largest absolute Gasteiger partial charge is 0.378 e. The second-order valence-corrected chi connectivity index (χ2v) is 7.23. The second-order valence-electron chi connectivity index (χ2n) is 7.23. The third-order valence-corrected chi connectivity index (χ3v) is 4.87. The number of aromatic nitrogens is 1. The zero-order valence-electron chi connectivity index (χ0n) is 16.6. The normalized spacial score (nSPS) is 10.7. The second kappa shape index (κ2) is 8.10. The molecule has 4 aromatic rings. The van der Waals surface area contributed by atoms with Gasteiger partial charge in [-0.25, -0.2) is 0 Å². The molecule has 0 unspecified atom stereocenters. The molecule has 1 heterocycles. The molecular formula is C24H24N4O. The fourth-order valence-electron chi connectivity index (χ4n) is 3.30. The maximum absolute atomic E-state index is 12.4. The molecule has 0 aliphatic carbocycles. The minimum Gasteiger partial charge on any atom is -0.378 e. The van der Waals surface area contributed by atoms with Crippen molar-refractivity contribution in [3.05, 3.63) is 84.6 Å². The molecule has 0 spiro atoms. The van der Waals surface area contributed by atoms with Crippen LogP contribution in [0, 0.1) is 0 Å². The van der Waals surface area contributed by atoms with Gasteiger partial charge < -0.3 is 20.5 Å². The summed E-state index contributed by atoms with van der Waals surface area (Å²) < 4.78 is 0. The number of nitrogens with one attached hydrogen (secondary N) is 3. The van der Waals surface area contributed by atoms with Crippen LogP contribution < -0.4 is 15.5 Å². The molecule has 1 aromatic heterocycles. The lowest BCUT2D eigenvalue weighted by molar-refractivity contribution is -0.115. The maximum Gasteiger partial charge on any atom is 0.228 e. The number of amides is 1. The summed E-state index contributed by atoms with van der Waals surface area (Å²) in [5.41, 5.74) is 5.97. The van der Waals surface area contributed by atoms with E-state index in [0.717, 1.165) is 39.2 Å². The highest BCUT2D eigenvalue weighted by molar-refractivity contribution is 5.95. The van der Waals surface area contributed by atoms with Crippen LogP contribution >= 0.6 is 0 Å². The molecule has 29 heavy (non-hydrogen) atoms. The molecule has 0 radical (unpaired) electrons. The minimum atomic E-state index is -0.0327. The number of rotatable bonds is 6. The summed E-state index contributed by atoms with van der Waals surface area (Å²) in [5, 5.41) is 7.43. The van der Waals surface area contributed by atoms with Gasteiger partial charge >= 0.3 is 0 Å². The van der Waals surface area contributed by atoms with Crippen molar-refractivity contribution >= 4 is 39.6 Å². The van der Waals surface area contributed by atoms with E-state index < -0.39 is 0 Å². The summed E-state index contributed by atoms with van der Waals surface area (Å²) in [5.74, 6) is -0.0327. The van der Waals surface area contributed by atoms with Gasteiger partial charge in [-0.2, -0.15) is 0 Å². The lowest BCUT2D eigenvalue weighted by Gasteiger charge is -2.13. The zero-order valence-corrected chi connectivity index (χ0v) is 16.6. The van der Waals surface area contributed by atoms with Crippen LogP contribution in [-0.2, 0) is 11.2 Å². The average Bonchev–Trinajstić information content (AvgIpc) is 3.13. The Hall–Kier alpha value is -3.73. The Bertz CT molecular complexity index is 1110. The number of hydrogen-bond acceptors (Lipinski definition) is 3. The van der Waals surface area contributed by atoms with E-state index in [4.69, 9.17) is 0 Å². The molecule has 146 valence electrons. The molecular weight excluding hydrogens is 360 g/mol. The van der Waals surface area contributed by atoms with E-state index in [2.05, 4.69) is 32.7 Å². The van der Waals surface area contributed by atoms with Crippen molar-refractivity contribution in [2.75, 3.05) is 29.6 Å². The first kappa shape index (κ1) is 18.6. The van der Waals surface area contributed by atoms with Crippen molar-refractivity contribution in [3.8, 4) is 0 Å². The number of para-hydroxylation sites is 1. The van der Waals surface area contributed by atoms with Gasteiger partial charge in [-0.15, -0.1) is 0 Å². The molecule has 0 aliphatic rings. The van der Waals surface area contributed by atoms with Crippen LogP contribution in [0.5, 0.6) is 0 Å². The third-order valence-electron chi connectivity index (χ3n) is 4.87. The SMILES string of the molecule is CN(C)c1ccc(Nc2ccc(NC(=O)Cc3c[nH]c4ccccc34)cc2)cc1. The van der Waals surface area contributed by atoms with Crippen LogP contribution in [0.4, 0.5) is 22.7 Å². The summed E-state index contributed by atoms with van der Waals surface area (Å²) in [4.78, 5) is 17.7. The minimum absolute atomic E-state index is 0.0327. The Kier molecular flexibility index (Phi) is 5.20. The standard InChI is InChI=1S/C24H24N4O/c1-28(2)21-13-11-19(12-14-21)26-18-7-9-20(10-8-18)27-24(29)15-17-16-25-23-6-4-3-5-22(17)23/h3-14,16,25-26H,15H2,1-2H3,(H,27,29). The Morgan fingerprint density at radius 3 is 2.17 bits per heavy atom. The Labute approximate surface area is 170 Å². The molecule has 0 atom stereocenters. The van der Waals surface area contributed by atoms with Crippen molar-refractivity contribution in [2.24, 2.45) is 0 Å². The quantitative estimate of drug-likeness (QED) is 0.430. The van der Waals surface area contributed by atoms with Gasteiger partial charge in [-0.05, 0) is 60.2 Å². The molecule has 0 aliphatic heterocycles. The van der Waals surface area contributed by atoms with E-state index >= 15 is 0 Å². The highest BCUT2D eigenvalue weighted by Crippen LogP contribution is 2.22. The van der Waals surface area contributed by atoms with Crippen molar-refractivity contribution in [2.45, 2.75) is 6.42 Å². The van der Waals surface area contributed by atoms with Crippen molar-refractivity contribution in [1.29, 1.82) is 0 Å². The number of carbonyl (C=O) groups excluding carboxylic acids is 1. The van der Waals surface area contributed by atoms with Crippen LogP contribution in [-0.4, -0.2) is 25.0 Å². The van der Waals surface area contributed by atoms with Crippen molar-refractivity contribution in [1.82, 2.24) is 4.98 Å². The summed E-state index contributed by atoms with van der Waals surface area (Å²) in [6.45, 7) is 0. The van der Waals surface area contributed by atoms with Gasteiger partial charge in [-0.3, -0.25) is 4.79 Å².